The Morgan fingerprint density at radius 2 is 1.96 bits per heavy atom. The first-order chi connectivity index (χ1) is 10.6. The second kappa shape index (κ2) is 7.68. The molecular formula is C15H18ClF3N2O2. The third-order valence-corrected chi connectivity index (χ3v) is 3.49. The molecule has 0 aliphatic carbocycles. The highest BCUT2D eigenvalue weighted by Gasteiger charge is 2.36. The maximum atomic E-state index is 13.2. The molecule has 0 aliphatic rings. The second-order valence-electron chi connectivity index (χ2n) is 5.14. The predicted molar refractivity (Wildman–Crippen MR) is 82.4 cm³/mol. The van der Waals surface area contributed by atoms with Crippen LogP contribution in [0, 0.1) is 0 Å². The zero-order valence-electron chi connectivity index (χ0n) is 13.0. The van der Waals surface area contributed by atoms with Crippen molar-refractivity contribution in [1.82, 2.24) is 5.32 Å². The Kier molecular flexibility index (Phi) is 6.44. The molecule has 1 aromatic carbocycles. The van der Waals surface area contributed by atoms with Crippen molar-refractivity contribution in [3.63, 3.8) is 0 Å². The molecule has 4 nitrogen and oxygen atoms in total. The predicted octanol–water partition coefficient (Wildman–Crippen LogP) is 3.63. The highest BCUT2D eigenvalue weighted by molar-refractivity contribution is 6.30. The van der Waals surface area contributed by atoms with Crippen LogP contribution in [0.3, 0.4) is 0 Å². The molecule has 1 unspecified atom stereocenters. The minimum Gasteiger partial charge on any atom is -0.352 e. The van der Waals surface area contributed by atoms with E-state index in [9.17, 15) is 22.8 Å². The van der Waals surface area contributed by atoms with Crippen LogP contribution < -0.4 is 10.2 Å². The number of anilines is 1. The van der Waals surface area contributed by atoms with Crippen LogP contribution in [0.4, 0.5) is 18.9 Å². The van der Waals surface area contributed by atoms with Crippen LogP contribution in [0.2, 0.25) is 5.02 Å². The molecule has 128 valence electrons. The quantitative estimate of drug-likeness (QED) is 0.881. The van der Waals surface area contributed by atoms with E-state index in [1.54, 1.807) is 6.92 Å². The Morgan fingerprint density at radius 3 is 2.43 bits per heavy atom. The molecule has 0 radical (unpaired) electrons. The fraction of sp³-hybridized carbons (Fsp3) is 0.467. The van der Waals surface area contributed by atoms with Gasteiger partial charge < -0.3 is 10.2 Å². The summed E-state index contributed by atoms with van der Waals surface area (Å²) in [6.45, 7) is 4.23. The van der Waals surface area contributed by atoms with Crippen molar-refractivity contribution in [3.8, 4) is 0 Å². The Labute approximate surface area is 137 Å². The molecule has 0 fully saturated rings. The van der Waals surface area contributed by atoms with E-state index in [1.165, 1.54) is 6.07 Å². The van der Waals surface area contributed by atoms with Gasteiger partial charge in [-0.2, -0.15) is 13.2 Å². The average Bonchev–Trinajstić information content (AvgIpc) is 2.43. The third kappa shape index (κ3) is 5.42. The van der Waals surface area contributed by atoms with Crippen molar-refractivity contribution in [2.24, 2.45) is 0 Å². The van der Waals surface area contributed by atoms with Gasteiger partial charge in [0.25, 0.3) is 0 Å². The van der Waals surface area contributed by atoms with Crippen LogP contribution in [0.5, 0.6) is 0 Å². The maximum Gasteiger partial charge on any atom is 0.418 e. The van der Waals surface area contributed by atoms with E-state index >= 15 is 0 Å². The number of nitrogens with zero attached hydrogens (tertiary/aromatic N) is 1. The van der Waals surface area contributed by atoms with Crippen molar-refractivity contribution >= 4 is 29.1 Å². The summed E-state index contributed by atoms with van der Waals surface area (Å²) in [6, 6.07) is 2.93. The molecule has 1 aromatic rings. The van der Waals surface area contributed by atoms with Crippen LogP contribution in [-0.2, 0) is 15.8 Å². The van der Waals surface area contributed by atoms with Gasteiger partial charge in [0.05, 0.1) is 11.3 Å². The number of hydrogen-bond acceptors (Lipinski definition) is 2. The highest BCUT2D eigenvalue weighted by Crippen LogP contribution is 2.38. The molecule has 23 heavy (non-hydrogen) atoms. The standard InChI is InChI=1S/C15H18ClF3N2O2/c1-4-9(2)20-14(23)8-21(10(3)22)13-6-5-11(16)7-12(13)15(17,18)19/h5-7,9H,4,8H2,1-3H3,(H,20,23). The molecule has 0 saturated carbocycles. The van der Waals surface area contributed by atoms with Gasteiger partial charge in [0, 0.05) is 18.0 Å². The van der Waals surface area contributed by atoms with Crippen molar-refractivity contribution < 1.29 is 22.8 Å². The number of alkyl halides is 3. The summed E-state index contributed by atoms with van der Waals surface area (Å²) in [7, 11) is 0. The lowest BCUT2D eigenvalue weighted by atomic mass is 10.1. The number of halogens is 4. The monoisotopic (exact) mass is 350 g/mol. The number of rotatable bonds is 5. The van der Waals surface area contributed by atoms with E-state index in [1.807, 2.05) is 6.92 Å². The lowest BCUT2D eigenvalue weighted by Gasteiger charge is -2.25. The minimum absolute atomic E-state index is 0.103. The molecule has 8 heteroatoms. The SMILES string of the molecule is CCC(C)NC(=O)CN(C(C)=O)c1ccc(Cl)cc1C(F)(F)F. The van der Waals surface area contributed by atoms with E-state index in [0.29, 0.717) is 6.42 Å². The van der Waals surface area contributed by atoms with Gasteiger partial charge >= 0.3 is 6.18 Å². The fourth-order valence-corrected chi connectivity index (χ4v) is 2.08. The molecule has 0 aliphatic heterocycles. The summed E-state index contributed by atoms with van der Waals surface area (Å²) in [4.78, 5) is 24.4. The van der Waals surface area contributed by atoms with Gasteiger partial charge in [-0.25, -0.2) is 0 Å². The molecule has 0 heterocycles. The van der Waals surface area contributed by atoms with Crippen molar-refractivity contribution in [2.45, 2.75) is 39.4 Å². The topological polar surface area (TPSA) is 49.4 Å². The fourth-order valence-electron chi connectivity index (χ4n) is 1.90. The molecule has 0 bridgehead atoms. The summed E-state index contributed by atoms with van der Waals surface area (Å²) < 4.78 is 39.5. The molecular weight excluding hydrogens is 333 g/mol. The summed E-state index contributed by atoms with van der Waals surface area (Å²) in [6.07, 6.45) is -4.03. The Morgan fingerprint density at radius 1 is 1.35 bits per heavy atom. The third-order valence-electron chi connectivity index (χ3n) is 3.26. The number of carbonyl (C=O) groups is 2. The summed E-state index contributed by atoms with van der Waals surface area (Å²) in [5.41, 5.74) is -1.45. The van der Waals surface area contributed by atoms with Crippen LogP contribution in [-0.4, -0.2) is 24.4 Å². The number of benzene rings is 1. The first-order valence-electron chi connectivity index (χ1n) is 7.00. The number of nitrogens with one attached hydrogen (secondary N) is 1. The van der Waals surface area contributed by atoms with Gasteiger partial charge in [-0.1, -0.05) is 18.5 Å². The van der Waals surface area contributed by atoms with Crippen molar-refractivity contribution in [3.05, 3.63) is 28.8 Å². The number of hydrogen-bond donors (Lipinski definition) is 1. The van der Waals surface area contributed by atoms with Crippen molar-refractivity contribution in [1.29, 1.82) is 0 Å². The molecule has 0 aromatic heterocycles. The van der Waals surface area contributed by atoms with Crippen LogP contribution in [0.25, 0.3) is 0 Å². The highest BCUT2D eigenvalue weighted by atomic mass is 35.5. The summed E-state index contributed by atoms with van der Waals surface area (Å²) in [5, 5.41) is 2.51. The normalized spacial score (nSPS) is 12.7. The lowest BCUT2D eigenvalue weighted by Crippen LogP contribution is -2.43. The van der Waals surface area contributed by atoms with Crippen molar-refractivity contribution in [2.75, 3.05) is 11.4 Å². The maximum absolute atomic E-state index is 13.2. The van der Waals surface area contributed by atoms with E-state index < -0.39 is 35.8 Å². The van der Waals surface area contributed by atoms with E-state index in [0.717, 1.165) is 24.0 Å². The van der Waals surface area contributed by atoms with Gasteiger partial charge in [0.15, 0.2) is 0 Å². The van der Waals surface area contributed by atoms with Crippen LogP contribution in [0.15, 0.2) is 18.2 Å². The van der Waals surface area contributed by atoms with Crippen LogP contribution >= 0.6 is 11.6 Å². The first kappa shape index (κ1) is 19.3. The number of carbonyl (C=O) groups excluding carboxylic acids is 2. The Balaban J connectivity index is 3.17. The van der Waals surface area contributed by atoms with Gasteiger partial charge in [-0.05, 0) is 31.5 Å². The lowest BCUT2D eigenvalue weighted by molar-refractivity contribution is -0.137. The summed E-state index contributed by atoms with van der Waals surface area (Å²) in [5.74, 6) is -1.20. The minimum atomic E-state index is -4.69. The zero-order chi connectivity index (χ0) is 17.8. The second-order valence-corrected chi connectivity index (χ2v) is 5.58. The van der Waals surface area contributed by atoms with Gasteiger partial charge in [-0.15, -0.1) is 0 Å². The van der Waals surface area contributed by atoms with E-state index in [2.05, 4.69) is 5.32 Å². The van der Waals surface area contributed by atoms with Gasteiger partial charge in [-0.3, -0.25) is 9.59 Å². The van der Waals surface area contributed by atoms with E-state index in [4.69, 9.17) is 11.6 Å². The first-order valence-corrected chi connectivity index (χ1v) is 7.38. The summed E-state index contributed by atoms with van der Waals surface area (Å²) >= 11 is 5.62. The zero-order valence-corrected chi connectivity index (χ0v) is 13.8. The Bertz CT molecular complexity index is 591. The molecule has 0 saturated heterocycles. The van der Waals surface area contributed by atoms with E-state index in [-0.39, 0.29) is 11.1 Å². The van der Waals surface area contributed by atoms with Gasteiger partial charge in [0.1, 0.15) is 6.54 Å². The molecule has 1 atom stereocenters. The molecule has 0 spiro atoms. The van der Waals surface area contributed by atoms with Crippen LogP contribution in [0.1, 0.15) is 32.8 Å². The molecule has 1 N–H and O–H groups in total. The largest absolute Gasteiger partial charge is 0.418 e. The number of amides is 2. The molecule has 2 amide bonds. The Hall–Kier alpha value is -1.76. The van der Waals surface area contributed by atoms with Gasteiger partial charge in [0.2, 0.25) is 11.8 Å². The average molecular weight is 351 g/mol. The molecule has 1 rings (SSSR count). The smallest absolute Gasteiger partial charge is 0.352 e.